The number of ether oxygens (including phenoxy) is 1. The first-order chi connectivity index (χ1) is 8.17. The number of pyridine rings is 1. The fraction of sp³-hybridized carbons (Fsp3) is 0.0833. The fourth-order valence-electron chi connectivity index (χ4n) is 1.42. The van der Waals surface area contributed by atoms with Gasteiger partial charge in [-0.1, -0.05) is 15.9 Å². The van der Waals surface area contributed by atoms with Gasteiger partial charge < -0.3 is 15.8 Å². The number of nitrogens with two attached hydrogens (primary N) is 1. The van der Waals surface area contributed by atoms with Crippen LogP contribution in [0.25, 0.3) is 0 Å². The number of nitrogen functional groups attached to an aromatic ring is 1. The Hall–Kier alpha value is -1.75. The predicted molar refractivity (Wildman–Crippen MR) is 72.6 cm³/mol. The van der Waals surface area contributed by atoms with E-state index < -0.39 is 0 Å². The number of rotatable bonds is 3. The molecule has 0 aliphatic rings. The van der Waals surface area contributed by atoms with Gasteiger partial charge in [0.2, 0.25) is 0 Å². The second kappa shape index (κ2) is 5.05. The maximum atomic E-state index is 5.68. The van der Waals surface area contributed by atoms with Crippen LogP contribution in [0.2, 0.25) is 0 Å². The van der Waals surface area contributed by atoms with Crippen LogP contribution in [0.3, 0.4) is 0 Å². The first kappa shape index (κ1) is 11.7. The molecule has 17 heavy (non-hydrogen) atoms. The Morgan fingerprint density at radius 3 is 2.82 bits per heavy atom. The van der Waals surface area contributed by atoms with Crippen LogP contribution in [0.15, 0.2) is 41.0 Å². The number of hydrogen-bond donors (Lipinski definition) is 2. The molecule has 0 aliphatic carbocycles. The summed E-state index contributed by atoms with van der Waals surface area (Å²) >= 11 is 3.42. The molecule has 4 nitrogen and oxygen atoms in total. The van der Waals surface area contributed by atoms with Gasteiger partial charge in [0.25, 0.3) is 0 Å². The van der Waals surface area contributed by atoms with Gasteiger partial charge in [-0.25, -0.2) is 4.98 Å². The lowest BCUT2D eigenvalue weighted by molar-refractivity contribution is 0.415. The molecule has 0 fully saturated rings. The second-order valence-corrected chi connectivity index (χ2v) is 4.39. The Bertz CT molecular complexity index is 531. The van der Waals surface area contributed by atoms with Crippen molar-refractivity contribution in [3.05, 3.63) is 41.0 Å². The molecular weight excluding hydrogens is 282 g/mol. The van der Waals surface area contributed by atoms with E-state index in [0.717, 1.165) is 15.9 Å². The van der Waals surface area contributed by atoms with Crippen LogP contribution >= 0.6 is 15.9 Å². The van der Waals surface area contributed by atoms with Crippen LogP contribution in [-0.4, -0.2) is 12.1 Å². The number of halogens is 1. The van der Waals surface area contributed by atoms with Gasteiger partial charge in [-0.05, 0) is 18.2 Å². The Morgan fingerprint density at radius 2 is 2.12 bits per heavy atom. The largest absolute Gasteiger partial charge is 0.497 e. The average Bonchev–Trinajstić information content (AvgIpc) is 2.28. The van der Waals surface area contributed by atoms with Gasteiger partial charge in [0.1, 0.15) is 11.6 Å². The molecule has 0 saturated heterocycles. The minimum absolute atomic E-state index is 0.671. The molecule has 5 heteroatoms. The normalized spacial score (nSPS) is 10.0. The van der Waals surface area contributed by atoms with E-state index in [4.69, 9.17) is 10.5 Å². The third-order valence-electron chi connectivity index (χ3n) is 2.16. The van der Waals surface area contributed by atoms with Crippen molar-refractivity contribution in [2.45, 2.75) is 0 Å². The van der Waals surface area contributed by atoms with E-state index in [1.54, 1.807) is 25.4 Å². The lowest BCUT2D eigenvalue weighted by Crippen LogP contribution is -1.95. The Labute approximate surface area is 108 Å². The highest BCUT2D eigenvalue weighted by Crippen LogP contribution is 2.26. The number of hydrogen-bond acceptors (Lipinski definition) is 4. The molecule has 0 spiro atoms. The zero-order valence-electron chi connectivity index (χ0n) is 9.27. The summed E-state index contributed by atoms with van der Waals surface area (Å²) in [4.78, 5) is 4.17. The van der Waals surface area contributed by atoms with E-state index in [2.05, 4.69) is 26.2 Å². The Kier molecular flexibility index (Phi) is 3.49. The number of nitrogens with one attached hydrogen (secondary N) is 1. The minimum Gasteiger partial charge on any atom is -0.497 e. The smallest absolute Gasteiger partial charge is 0.132 e. The SMILES string of the molecule is COc1cc(Br)cc(Nc2cc(N)ccn2)c1. The molecule has 0 radical (unpaired) electrons. The summed E-state index contributed by atoms with van der Waals surface area (Å²) in [5.74, 6) is 1.47. The third-order valence-corrected chi connectivity index (χ3v) is 2.62. The molecule has 1 aromatic carbocycles. The van der Waals surface area contributed by atoms with Crippen LogP contribution in [-0.2, 0) is 0 Å². The number of aromatic nitrogens is 1. The van der Waals surface area contributed by atoms with Crippen molar-refractivity contribution >= 4 is 33.1 Å². The molecule has 2 rings (SSSR count). The van der Waals surface area contributed by atoms with Crippen LogP contribution in [0.4, 0.5) is 17.2 Å². The number of methoxy groups -OCH3 is 1. The molecule has 1 aromatic heterocycles. The van der Waals surface area contributed by atoms with Crippen molar-refractivity contribution in [3.63, 3.8) is 0 Å². The van der Waals surface area contributed by atoms with Crippen LogP contribution in [0.5, 0.6) is 5.75 Å². The molecule has 3 N–H and O–H groups in total. The lowest BCUT2D eigenvalue weighted by atomic mass is 10.3. The van der Waals surface area contributed by atoms with Crippen LogP contribution in [0, 0.1) is 0 Å². The number of anilines is 3. The van der Waals surface area contributed by atoms with Crippen molar-refractivity contribution in [1.29, 1.82) is 0 Å². The molecule has 0 bridgehead atoms. The quantitative estimate of drug-likeness (QED) is 0.912. The first-order valence-electron chi connectivity index (χ1n) is 5.00. The van der Waals surface area contributed by atoms with Gasteiger partial charge in [-0.3, -0.25) is 0 Å². The highest BCUT2D eigenvalue weighted by atomic mass is 79.9. The van der Waals surface area contributed by atoms with Gasteiger partial charge in [-0.2, -0.15) is 0 Å². The van der Waals surface area contributed by atoms with E-state index in [1.165, 1.54) is 0 Å². The highest BCUT2D eigenvalue weighted by Gasteiger charge is 2.01. The Morgan fingerprint density at radius 1 is 1.29 bits per heavy atom. The standard InChI is InChI=1S/C12H12BrN3O/c1-17-11-5-8(13)4-10(7-11)16-12-6-9(14)2-3-15-12/h2-7H,1H3,(H3,14,15,16). The van der Waals surface area contributed by atoms with Gasteiger partial charge in [-0.15, -0.1) is 0 Å². The lowest BCUT2D eigenvalue weighted by Gasteiger charge is -2.08. The molecule has 0 atom stereocenters. The zero-order valence-corrected chi connectivity index (χ0v) is 10.9. The summed E-state index contributed by atoms with van der Waals surface area (Å²) in [6.45, 7) is 0. The van der Waals surface area contributed by atoms with Gasteiger partial charge >= 0.3 is 0 Å². The van der Waals surface area contributed by atoms with Crippen molar-refractivity contribution in [2.24, 2.45) is 0 Å². The first-order valence-corrected chi connectivity index (χ1v) is 5.80. The summed E-state index contributed by atoms with van der Waals surface area (Å²) in [5, 5.41) is 3.16. The number of nitrogens with zero attached hydrogens (tertiary/aromatic N) is 1. The average molecular weight is 294 g/mol. The minimum atomic E-state index is 0.671. The maximum Gasteiger partial charge on any atom is 0.132 e. The molecule has 1 heterocycles. The molecule has 0 unspecified atom stereocenters. The summed E-state index contributed by atoms with van der Waals surface area (Å²) in [6, 6.07) is 9.22. The van der Waals surface area contributed by atoms with Gasteiger partial charge in [0, 0.05) is 34.2 Å². The zero-order chi connectivity index (χ0) is 12.3. The van der Waals surface area contributed by atoms with Gasteiger partial charge in [0.05, 0.1) is 7.11 Å². The predicted octanol–water partition coefficient (Wildman–Crippen LogP) is 3.18. The van der Waals surface area contributed by atoms with Crippen molar-refractivity contribution in [1.82, 2.24) is 4.98 Å². The van der Waals surface area contributed by atoms with Crippen molar-refractivity contribution < 1.29 is 4.74 Å². The summed E-state index contributed by atoms with van der Waals surface area (Å²) in [7, 11) is 1.63. The van der Waals surface area contributed by atoms with E-state index >= 15 is 0 Å². The fourth-order valence-corrected chi connectivity index (χ4v) is 1.89. The van der Waals surface area contributed by atoms with Gasteiger partial charge in [0.15, 0.2) is 0 Å². The van der Waals surface area contributed by atoms with E-state index in [0.29, 0.717) is 11.5 Å². The topological polar surface area (TPSA) is 60.2 Å². The van der Waals surface area contributed by atoms with Crippen LogP contribution in [0.1, 0.15) is 0 Å². The summed E-state index contributed by atoms with van der Waals surface area (Å²) in [6.07, 6.45) is 1.66. The molecule has 0 aliphatic heterocycles. The molecule has 0 saturated carbocycles. The monoisotopic (exact) mass is 293 g/mol. The van der Waals surface area contributed by atoms with E-state index in [1.807, 2.05) is 18.2 Å². The summed E-state index contributed by atoms with van der Waals surface area (Å²) in [5.41, 5.74) is 7.24. The Balaban J connectivity index is 2.26. The second-order valence-electron chi connectivity index (χ2n) is 3.48. The molecular formula is C12H12BrN3O. The number of benzene rings is 1. The summed E-state index contributed by atoms with van der Waals surface area (Å²) < 4.78 is 6.12. The van der Waals surface area contributed by atoms with Crippen molar-refractivity contribution in [2.75, 3.05) is 18.2 Å². The molecule has 0 amide bonds. The maximum absolute atomic E-state index is 5.68. The van der Waals surface area contributed by atoms with E-state index in [9.17, 15) is 0 Å². The van der Waals surface area contributed by atoms with Crippen molar-refractivity contribution in [3.8, 4) is 5.75 Å². The highest BCUT2D eigenvalue weighted by molar-refractivity contribution is 9.10. The van der Waals surface area contributed by atoms with E-state index in [-0.39, 0.29) is 0 Å². The molecule has 88 valence electrons. The third kappa shape index (κ3) is 3.10. The van der Waals surface area contributed by atoms with Crippen LogP contribution < -0.4 is 15.8 Å². The molecule has 2 aromatic rings.